The van der Waals surface area contributed by atoms with Crippen molar-refractivity contribution in [3.05, 3.63) is 35.4 Å². The highest BCUT2D eigenvalue weighted by molar-refractivity contribution is 5.92. The van der Waals surface area contributed by atoms with E-state index < -0.39 is 17.9 Å². The van der Waals surface area contributed by atoms with Crippen LogP contribution in [0, 0.1) is 0 Å². The molecule has 0 fully saturated rings. The first-order valence-electron chi connectivity index (χ1n) is 4.85. The molecule has 4 N–H and O–H groups in total. The number of carboxylic acids is 1. The first-order chi connectivity index (χ1) is 7.50. The fraction of sp³-hybridized carbons (Fsp3) is 0.273. The van der Waals surface area contributed by atoms with Crippen LogP contribution in [0.4, 0.5) is 0 Å². The molecule has 1 aromatic rings. The van der Waals surface area contributed by atoms with E-state index in [0.29, 0.717) is 12.1 Å². The van der Waals surface area contributed by atoms with E-state index in [1.165, 1.54) is 0 Å². The molecule has 0 heterocycles. The van der Waals surface area contributed by atoms with Gasteiger partial charge in [0.2, 0.25) is 5.91 Å². The van der Waals surface area contributed by atoms with Crippen LogP contribution in [0.15, 0.2) is 24.3 Å². The van der Waals surface area contributed by atoms with Gasteiger partial charge in [-0.05, 0) is 24.6 Å². The van der Waals surface area contributed by atoms with Gasteiger partial charge < -0.3 is 16.2 Å². The first-order valence-corrected chi connectivity index (χ1v) is 4.85. The minimum atomic E-state index is -0.911. The van der Waals surface area contributed by atoms with E-state index in [2.05, 4.69) is 5.32 Å². The van der Waals surface area contributed by atoms with Gasteiger partial charge in [-0.15, -0.1) is 0 Å². The van der Waals surface area contributed by atoms with Gasteiger partial charge in [0.05, 0.1) is 0 Å². The van der Waals surface area contributed by atoms with Crippen molar-refractivity contribution in [2.24, 2.45) is 5.73 Å². The number of nitrogens with two attached hydrogens (primary N) is 1. The zero-order chi connectivity index (χ0) is 12.1. The van der Waals surface area contributed by atoms with Gasteiger partial charge in [-0.3, -0.25) is 9.59 Å². The molecule has 0 aliphatic carbocycles. The van der Waals surface area contributed by atoms with Crippen molar-refractivity contribution in [3.8, 4) is 0 Å². The quantitative estimate of drug-likeness (QED) is 0.670. The molecule has 1 rings (SSSR count). The summed E-state index contributed by atoms with van der Waals surface area (Å²) in [5.41, 5.74) is 6.38. The minimum Gasteiger partial charge on any atom is -0.480 e. The van der Waals surface area contributed by atoms with Crippen LogP contribution in [-0.4, -0.2) is 23.0 Å². The summed E-state index contributed by atoms with van der Waals surface area (Å²) in [5, 5.41) is 11.5. The third kappa shape index (κ3) is 3.36. The van der Waals surface area contributed by atoms with Crippen molar-refractivity contribution in [2.45, 2.75) is 19.5 Å². The Morgan fingerprint density at radius 1 is 1.50 bits per heavy atom. The van der Waals surface area contributed by atoms with Gasteiger partial charge >= 0.3 is 5.97 Å². The standard InChI is InChI=1S/C11H14N2O3/c1-7(11(15)16)13-6-8-3-2-4-9(5-8)10(12)14/h2-5,7,13H,6H2,1H3,(H2,12,14)(H,15,16)/t7-/m1/s1. The van der Waals surface area contributed by atoms with E-state index in [9.17, 15) is 9.59 Å². The molecule has 0 unspecified atom stereocenters. The second-order valence-corrected chi connectivity index (χ2v) is 3.51. The summed E-state index contributed by atoms with van der Waals surface area (Å²) in [4.78, 5) is 21.5. The molecular weight excluding hydrogens is 208 g/mol. The Morgan fingerprint density at radius 2 is 2.19 bits per heavy atom. The van der Waals surface area contributed by atoms with Crippen LogP contribution in [0.25, 0.3) is 0 Å². The van der Waals surface area contributed by atoms with Gasteiger partial charge in [0.15, 0.2) is 0 Å². The lowest BCUT2D eigenvalue weighted by molar-refractivity contribution is -0.139. The molecule has 0 spiro atoms. The number of amides is 1. The number of carbonyl (C=O) groups is 2. The van der Waals surface area contributed by atoms with Crippen molar-refractivity contribution in [2.75, 3.05) is 0 Å². The van der Waals surface area contributed by atoms with Crippen molar-refractivity contribution < 1.29 is 14.7 Å². The van der Waals surface area contributed by atoms with E-state index in [0.717, 1.165) is 5.56 Å². The lowest BCUT2D eigenvalue weighted by Crippen LogP contribution is -2.33. The maximum atomic E-state index is 10.9. The number of carbonyl (C=O) groups excluding carboxylic acids is 1. The molecule has 0 aromatic heterocycles. The summed E-state index contributed by atoms with van der Waals surface area (Å²) >= 11 is 0. The second kappa shape index (κ2) is 5.27. The average Bonchev–Trinajstić information content (AvgIpc) is 2.26. The molecule has 0 saturated heterocycles. The Bertz CT molecular complexity index is 404. The van der Waals surface area contributed by atoms with E-state index in [1.807, 2.05) is 0 Å². The van der Waals surface area contributed by atoms with Crippen LogP contribution in [0.3, 0.4) is 0 Å². The lowest BCUT2D eigenvalue weighted by Gasteiger charge is -2.09. The highest BCUT2D eigenvalue weighted by Crippen LogP contribution is 2.04. The van der Waals surface area contributed by atoms with Gasteiger partial charge in [0.25, 0.3) is 0 Å². The van der Waals surface area contributed by atoms with Crippen LogP contribution >= 0.6 is 0 Å². The Balaban J connectivity index is 2.64. The summed E-state index contributed by atoms with van der Waals surface area (Å²) in [6, 6.07) is 6.14. The summed E-state index contributed by atoms with van der Waals surface area (Å²) in [6.07, 6.45) is 0. The number of nitrogens with one attached hydrogen (secondary N) is 1. The molecule has 0 bridgehead atoms. The SMILES string of the molecule is C[C@@H](NCc1cccc(C(N)=O)c1)C(=O)O. The van der Waals surface area contributed by atoms with Crippen molar-refractivity contribution in [3.63, 3.8) is 0 Å². The normalized spacial score (nSPS) is 12.1. The van der Waals surface area contributed by atoms with E-state index in [1.54, 1.807) is 31.2 Å². The van der Waals surface area contributed by atoms with Crippen LogP contribution in [0.1, 0.15) is 22.8 Å². The summed E-state index contributed by atoms with van der Waals surface area (Å²) < 4.78 is 0. The molecule has 5 heteroatoms. The van der Waals surface area contributed by atoms with Crippen LogP contribution < -0.4 is 11.1 Å². The summed E-state index contributed by atoms with van der Waals surface area (Å²) in [7, 11) is 0. The predicted molar refractivity (Wildman–Crippen MR) is 58.9 cm³/mol. The molecule has 1 amide bonds. The zero-order valence-corrected chi connectivity index (χ0v) is 8.93. The predicted octanol–water partition coefficient (Wildman–Crippen LogP) is 0.348. The van der Waals surface area contributed by atoms with Gasteiger partial charge in [-0.2, -0.15) is 0 Å². The summed E-state index contributed by atoms with van der Waals surface area (Å²) in [5.74, 6) is -1.40. The highest BCUT2D eigenvalue weighted by Gasteiger charge is 2.09. The number of primary amides is 1. The van der Waals surface area contributed by atoms with Crippen molar-refractivity contribution in [1.29, 1.82) is 0 Å². The van der Waals surface area contributed by atoms with Crippen molar-refractivity contribution >= 4 is 11.9 Å². The maximum Gasteiger partial charge on any atom is 0.320 e. The zero-order valence-electron chi connectivity index (χ0n) is 8.93. The number of carboxylic acid groups (broad SMARTS) is 1. The van der Waals surface area contributed by atoms with Gasteiger partial charge in [0.1, 0.15) is 6.04 Å². The lowest BCUT2D eigenvalue weighted by atomic mass is 10.1. The van der Waals surface area contributed by atoms with Gasteiger partial charge in [-0.25, -0.2) is 0 Å². The molecule has 0 radical (unpaired) electrons. The number of hydrogen-bond acceptors (Lipinski definition) is 3. The Labute approximate surface area is 93.3 Å². The number of benzene rings is 1. The Hall–Kier alpha value is -1.88. The molecule has 5 nitrogen and oxygen atoms in total. The van der Waals surface area contributed by atoms with E-state index >= 15 is 0 Å². The topological polar surface area (TPSA) is 92.4 Å². The number of hydrogen-bond donors (Lipinski definition) is 3. The van der Waals surface area contributed by atoms with Gasteiger partial charge in [-0.1, -0.05) is 12.1 Å². The molecule has 1 atom stereocenters. The van der Waals surface area contributed by atoms with Gasteiger partial charge in [0, 0.05) is 12.1 Å². The average molecular weight is 222 g/mol. The third-order valence-electron chi connectivity index (χ3n) is 2.19. The smallest absolute Gasteiger partial charge is 0.320 e. The molecular formula is C11H14N2O3. The molecule has 0 aliphatic rings. The maximum absolute atomic E-state index is 10.9. The minimum absolute atomic E-state index is 0.384. The molecule has 0 saturated carbocycles. The third-order valence-corrected chi connectivity index (χ3v) is 2.19. The second-order valence-electron chi connectivity index (χ2n) is 3.51. The van der Waals surface area contributed by atoms with Crippen LogP contribution in [0.2, 0.25) is 0 Å². The van der Waals surface area contributed by atoms with E-state index in [-0.39, 0.29) is 0 Å². The number of rotatable bonds is 5. The number of aliphatic carboxylic acids is 1. The Kier molecular flexibility index (Phi) is 4.02. The van der Waals surface area contributed by atoms with Crippen molar-refractivity contribution in [1.82, 2.24) is 5.32 Å². The fourth-order valence-corrected chi connectivity index (χ4v) is 1.19. The van der Waals surface area contributed by atoms with Crippen LogP contribution in [-0.2, 0) is 11.3 Å². The summed E-state index contributed by atoms with van der Waals surface area (Å²) in [6.45, 7) is 1.94. The first kappa shape index (κ1) is 12.2. The van der Waals surface area contributed by atoms with E-state index in [4.69, 9.17) is 10.8 Å². The monoisotopic (exact) mass is 222 g/mol. The molecule has 0 aliphatic heterocycles. The Morgan fingerprint density at radius 3 is 2.75 bits per heavy atom. The molecule has 16 heavy (non-hydrogen) atoms. The largest absolute Gasteiger partial charge is 0.480 e. The molecule has 86 valence electrons. The molecule has 1 aromatic carbocycles. The van der Waals surface area contributed by atoms with Crippen LogP contribution in [0.5, 0.6) is 0 Å². The highest BCUT2D eigenvalue weighted by atomic mass is 16.4. The fourth-order valence-electron chi connectivity index (χ4n) is 1.19.